The smallest absolute Gasteiger partial charge is 0.127 e. The maximum absolute atomic E-state index is 5.93. The molecule has 0 amide bonds. The predicted molar refractivity (Wildman–Crippen MR) is 117 cm³/mol. The summed E-state index contributed by atoms with van der Waals surface area (Å²) in [5.74, 6) is 1.87. The first-order valence-corrected chi connectivity index (χ1v) is 10.5. The fourth-order valence-electron chi connectivity index (χ4n) is 3.78. The van der Waals surface area contributed by atoms with E-state index in [0.717, 1.165) is 34.0 Å². The molecule has 3 nitrogen and oxygen atoms in total. The normalized spacial score (nSPS) is 16.0. The maximum atomic E-state index is 5.93. The number of nitrogens with zero attached hydrogens (tertiary/aromatic N) is 1. The van der Waals surface area contributed by atoms with Crippen molar-refractivity contribution in [2.75, 3.05) is 6.61 Å². The molecular weight excluding hydrogens is 366 g/mol. The van der Waals surface area contributed by atoms with E-state index in [1.807, 2.05) is 6.92 Å². The van der Waals surface area contributed by atoms with Gasteiger partial charge < -0.3 is 9.47 Å². The summed E-state index contributed by atoms with van der Waals surface area (Å²) >= 11 is 1.71. The molecule has 1 aromatic heterocycles. The fraction of sp³-hybridized carbons (Fsp3) is 0.208. The number of rotatable bonds is 4. The van der Waals surface area contributed by atoms with Crippen molar-refractivity contribution in [1.82, 2.24) is 4.98 Å². The third kappa shape index (κ3) is 3.04. The van der Waals surface area contributed by atoms with Crippen LogP contribution < -0.4 is 9.47 Å². The van der Waals surface area contributed by atoms with Crippen molar-refractivity contribution in [3.63, 3.8) is 0 Å². The first kappa shape index (κ1) is 17.3. The average molecular weight is 388 g/mol. The Hall–Kier alpha value is -2.85. The highest BCUT2D eigenvalue weighted by molar-refractivity contribution is 7.19. The van der Waals surface area contributed by atoms with E-state index in [0.29, 0.717) is 6.61 Å². The summed E-state index contributed by atoms with van der Waals surface area (Å²) in [7, 11) is 0. The van der Waals surface area contributed by atoms with Crippen LogP contribution in [0.15, 0.2) is 48.5 Å². The molecule has 0 saturated heterocycles. The summed E-state index contributed by atoms with van der Waals surface area (Å²) in [5, 5.41) is 3.41. The zero-order chi connectivity index (χ0) is 19.1. The molecule has 1 aliphatic heterocycles. The van der Waals surface area contributed by atoms with Gasteiger partial charge in [0.15, 0.2) is 0 Å². The Kier molecular flexibility index (Phi) is 4.29. The Morgan fingerprint density at radius 1 is 1.18 bits per heavy atom. The highest BCUT2D eigenvalue weighted by Crippen LogP contribution is 2.36. The predicted octanol–water partition coefficient (Wildman–Crippen LogP) is 6.34. The topological polar surface area (TPSA) is 31.4 Å². The maximum Gasteiger partial charge on any atom is 0.127 e. The van der Waals surface area contributed by atoms with Gasteiger partial charge in [0.1, 0.15) is 22.6 Å². The van der Waals surface area contributed by atoms with Crippen molar-refractivity contribution in [3.8, 4) is 11.5 Å². The number of thiazole rings is 1. The van der Waals surface area contributed by atoms with Gasteiger partial charge in [-0.3, -0.25) is 0 Å². The van der Waals surface area contributed by atoms with Crippen LogP contribution in [0.3, 0.4) is 0 Å². The minimum absolute atomic E-state index is 0.223. The zero-order valence-electron chi connectivity index (χ0n) is 15.9. The van der Waals surface area contributed by atoms with Crippen LogP contribution in [-0.2, 0) is 6.42 Å². The van der Waals surface area contributed by atoms with E-state index >= 15 is 0 Å². The van der Waals surface area contributed by atoms with E-state index in [1.54, 1.807) is 11.3 Å². The van der Waals surface area contributed by atoms with Crippen LogP contribution in [0.2, 0.25) is 0 Å². The molecule has 1 aliphatic rings. The molecule has 0 spiro atoms. The second-order valence-electron chi connectivity index (χ2n) is 7.08. The standard InChI is InChI=1S/C24H21NO2S/c1-3-26-20-14-18-12-15(2)27-21(18)13-17(20)9-11-23-25-24-19-7-5-4-6-16(19)8-10-22(24)28-23/h4-11,13-15H,3,12H2,1-2H3/b11-9+/t15-/m1/s1. The molecule has 0 radical (unpaired) electrons. The Labute approximate surface area is 168 Å². The van der Waals surface area contributed by atoms with Crippen LogP contribution in [0, 0.1) is 0 Å². The Balaban J connectivity index is 1.54. The Bertz CT molecular complexity index is 1210. The third-order valence-corrected chi connectivity index (χ3v) is 6.02. The highest BCUT2D eigenvalue weighted by atomic mass is 32.1. The molecule has 0 unspecified atom stereocenters. The van der Waals surface area contributed by atoms with Gasteiger partial charge in [-0.2, -0.15) is 0 Å². The molecule has 28 heavy (non-hydrogen) atoms. The van der Waals surface area contributed by atoms with Gasteiger partial charge in [0, 0.05) is 22.9 Å². The molecule has 3 aromatic carbocycles. The monoisotopic (exact) mass is 387 g/mol. The number of hydrogen-bond acceptors (Lipinski definition) is 4. The number of fused-ring (bicyclic) bond motifs is 4. The summed E-state index contributed by atoms with van der Waals surface area (Å²) in [5.41, 5.74) is 3.32. The van der Waals surface area contributed by atoms with Gasteiger partial charge in [0.2, 0.25) is 0 Å². The minimum Gasteiger partial charge on any atom is -0.493 e. The van der Waals surface area contributed by atoms with Crippen LogP contribution in [0.5, 0.6) is 11.5 Å². The average Bonchev–Trinajstić information content (AvgIpc) is 3.28. The van der Waals surface area contributed by atoms with Crippen molar-refractivity contribution in [2.45, 2.75) is 26.4 Å². The van der Waals surface area contributed by atoms with Crippen molar-refractivity contribution in [3.05, 3.63) is 64.7 Å². The highest BCUT2D eigenvalue weighted by Gasteiger charge is 2.21. The molecule has 2 heterocycles. The first-order chi connectivity index (χ1) is 13.7. The molecule has 1 atom stereocenters. The summed E-state index contributed by atoms with van der Waals surface area (Å²) in [6.45, 7) is 4.75. The largest absolute Gasteiger partial charge is 0.493 e. The molecule has 0 bridgehead atoms. The molecule has 0 fully saturated rings. The van der Waals surface area contributed by atoms with Gasteiger partial charge in [-0.1, -0.05) is 30.3 Å². The molecule has 5 rings (SSSR count). The lowest BCUT2D eigenvalue weighted by Gasteiger charge is -2.09. The summed E-state index contributed by atoms with van der Waals surface area (Å²) in [6, 6.07) is 16.9. The lowest BCUT2D eigenvalue weighted by molar-refractivity contribution is 0.254. The molecule has 140 valence electrons. The molecule has 0 saturated carbocycles. The Morgan fingerprint density at radius 3 is 2.96 bits per heavy atom. The van der Waals surface area contributed by atoms with Gasteiger partial charge in [0.05, 0.1) is 16.8 Å². The number of hydrogen-bond donors (Lipinski definition) is 0. The first-order valence-electron chi connectivity index (χ1n) is 9.64. The number of ether oxygens (including phenoxy) is 2. The van der Waals surface area contributed by atoms with E-state index in [2.05, 4.69) is 67.6 Å². The molecule has 0 N–H and O–H groups in total. The van der Waals surface area contributed by atoms with E-state index in [9.17, 15) is 0 Å². The van der Waals surface area contributed by atoms with Crippen molar-refractivity contribution in [1.29, 1.82) is 0 Å². The van der Waals surface area contributed by atoms with Gasteiger partial charge >= 0.3 is 0 Å². The molecule has 4 heteroatoms. The van der Waals surface area contributed by atoms with Gasteiger partial charge in [0.25, 0.3) is 0 Å². The van der Waals surface area contributed by atoms with E-state index in [1.165, 1.54) is 21.0 Å². The molecule has 0 aliphatic carbocycles. The Morgan fingerprint density at radius 2 is 2.07 bits per heavy atom. The van der Waals surface area contributed by atoms with Crippen LogP contribution in [-0.4, -0.2) is 17.7 Å². The van der Waals surface area contributed by atoms with Crippen LogP contribution in [0.4, 0.5) is 0 Å². The summed E-state index contributed by atoms with van der Waals surface area (Å²) < 4.78 is 13.0. The lowest BCUT2D eigenvalue weighted by atomic mass is 10.1. The quantitative estimate of drug-likeness (QED) is 0.409. The fourth-order valence-corrected chi connectivity index (χ4v) is 4.66. The second-order valence-corrected chi connectivity index (χ2v) is 8.14. The van der Waals surface area contributed by atoms with Gasteiger partial charge in [-0.05, 0) is 49.6 Å². The van der Waals surface area contributed by atoms with Gasteiger partial charge in [-0.25, -0.2) is 4.98 Å². The number of aromatic nitrogens is 1. The van der Waals surface area contributed by atoms with E-state index < -0.39 is 0 Å². The van der Waals surface area contributed by atoms with Crippen molar-refractivity contribution < 1.29 is 9.47 Å². The van der Waals surface area contributed by atoms with Crippen LogP contribution >= 0.6 is 11.3 Å². The number of benzene rings is 3. The second kappa shape index (κ2) is 6.95. The zero-order valence-corrected chi connectivity index (χ0v) is 16.8. The SMILES string of the molecule is CCOc1cc2c(cc1/C=C/c1nc3c(ccc4ccccc43)s1)O[C@H](C)C2. The van der Waals surface area contributed by atoms with Crippen molar-refractivity contribution >= 4 is 44.5 Å². The van der Waals surface area contributed by atoms with E-state index in [-0.39, 0.29) is 6.10 Å². The van der Waals surface area contributed by atoms with Crippen LogP contribution in [0.25, 0.3) is 33.1 Å². The lowest BCUT2D eigenvalue weighted by Crippen LogP contribution is -2.05. The minimum atomic E-state index is 0.223. The molecule has 4 aromatic rings. The molecular formula is C24H21NO2S. The summed E-state index contributed by atoms with van der Waals surface area (Å²) in [6.07, 6.45) is 5.31. The van der Waals surface area contributed by atoms with Crippen LogP contribution in [0.1, 0.15) is 30.0 Å². The summed E-state index contributed by atoms with van der Waals surface area (Å²) in [4.78, 5) is 4.88. The third-order valence-electron chi connectivity index (χ3n) is 5.03. The van der Waals surface area contributed by atoms with E-state index in [4.69, 9.17) is 14.5 Å². The van der Waals surface area contributed by atoms with Gasteiger partial charge in [-0.15, -0.1) is 11.3 Å². The van der Waals surface area contributed by atoms with Crippen molar-refractivity contribution in [2.24, 2.45) is 0 Å².